The van der Waals surface area contributed by atoms with Crippen molar-refractivity contribution in [3.8, 4) is 17.2 Å². The molecule has 0 fully saturated rings. The first-order valence-electron chi connectivity index (χ1n) is 13.9. The molecule has 0 unspecified atom stereocenters. The number of rotatable bonds is 2. The van der Waals surface area contributed by atoms with Crippen molar-refractivity contribution in [2.24, 2.45) is 0 Å². The predicted molar refractivity (Wildman–Crippen MR) is 172 cm³/mol. The van der Waals surface area contributed by atoms with Gasteiger partial charge < -0.3 is 0 Å². The van der Waals surface area contributed by atoms with Gasteiger partial charge in [0.2, 0.25) is 0 Å². The summed E-state index contributed by atoms with van der Waals surface area (Å²) in [4.78, 5) is 10.2. The van der Waals surface area contributed by atoms with E-state index < -0.39 is 0 Å². The molecular formula is C38H23N3. The highest BCUT2D eigenvalue weighted by Crippen LogP contribution is 2.43. The second-order valence-electron chi connectivity index (χ2n) is 10.6. The quantitative estimate of drug-likeness (QED) is 0.212. The molecule has 2 heterocycles. The summed E-state index contributed by atoms with van der Waals surface area (Å²) in [5.74, 6) is 1.62. The molecule has 3 nitrogen and oxygen atoms in total. The number of hydrogen-bond acceptors (Lipinski definition) is 2. The van der Waals surface area contributed by atoms with Crippen LogP contribution in [-0.4, -0.2) is 14.5 Å². The van der Waals surface area contributed by atoms with Gasteiger partial charge in [0.1, 0.15) is 5.82 Å². The molecule has 0 spiro atoms. The Balaban J connectivity index is 1.51. The predicted octanol–water partition coefficient (Wildman–Crippen LogP) is 9.85. The molecule has 0 N–H and O–H groups in total. The Morgan fingerprint density at radius 3 is 1.68 bits per heavy atom. The third-order valence-corrected chi connectivity index (χ3v) is 8.37. The normalized spacial score (nSPS) is 11.9. The molecule has 0 saturated carbocycles. The van der Waals surface area contributed by atoms with Gasteiger partial charge >= 0.3 is 0 Å². The summed E-state index contributed by atoms with van der Waals surface area (Å²) >= 11 is 0. The van der Waals surface area contributed by atoms with Crippen LogP contribution in [0.15, 0.2) is 140 Å². The Labute approximate surface area is 235 Å². The Hall–Kier alpha value is -5.54. The van der Waals surface area contributed by atoms with Crippen LogP contribution in [0.3, 0.4) is 0 Å². The molecule has 3 heteroatoms. The highest BCUT2D eigenvalue weighted by Gasteiger charge is 2.20. The fourth-order valence-corrected chi connectivity index (χ4v) is 6.63. The van der Waals surface area contributed by atoms with E-state index in [1.807, 2.05) is 24.3 Å². The van der Waals surface area contributed by atoms with Gasteiger partial charge in [-0.1, -0.05) is 115 Å². The van der Waals surface area contributed by atoms with Crippen molar-refractivity contribution in [1.29, 1.82) is 0 Å². The van der Waals surface area contributed by atoms with Crippen molar-refractivity contribution < 1.29 is 0 Å². The number of nitrogens with zero attached hydrogens (tertiary/aromatic N) is 3. The number of fused-ring (bicyclic) bond motifs is 11. The van der Waals surface area contributed by atoms with Crippen molar-refractivity contribution >= 4 is 65.0 Å². The molecule has 0 saturated heterocycles. The minimum Gasteiger partial charge on any atom is -0.293 e. The highest BCUT2D eigenvalue weighted by atomic mass is 15.1. The minimum atomic E-state index is 0.725. The van der Waals surface area contributed by atoms with Crippen molar-refractivity contribution in [3.63, 3.8) is 0 Å². The van der Waals surface area contributed by atoms with E-state index in [2.05, 4.69) is 120 Å². The number of aromatic nitrogens is 3. The second-order valence-corrected chi connectivity index (χ2v) is 10.6. The summed E-state index contributed by atoms with van der Waals surface area (Å²) in [7, 11) is 0. The smallest absolute Gasteiger partial charge is 0.162 e. The van der Waals surface area contributed by atoms with Crippen LogP contribution in [0.25, 0.3) is 82.2 Å². The van der Waals surface area contributed by atoms with Crippen molar-refractivity contribution in [2.75, 3.05) is 0 Å². The summed E-state index contributed by atoms with van der Waals surface area (Å²) in [5, 5.41) is 11.2. The third-order valence-electron chi connectivity index (χ3n) is 8.37. The van der Waals surface area contributed by atoms with E-state index in [4.69, 9.17) is 9.97 Å². The molecule has 0 aliphatic heterocycles. The molecule has 0 atom stereocenters. The highest BCUT2D eigenvalue weighted by molar-refractivity contribution is 6.35. The summed E-state index contributed by atoms with van der Waals surface area (Å²) in [6, 6.07) is 49.4. The second kappa shape index (κ2) is 8.48. The number of para-hydroxylation sites is 2. The zero-order valence-corrected chi connectivity index (χ0v) is 22.1. The molecule has 9 rings (SSSR count). The fraction of sp³-hybridized carbons (Fsp3) is 0. The van der Waals surface area contributed by atoms with E-state index in [1.54, 1.807) is 0 Å². The maximum absolute atomic E-state index is 5.26. The van der Waals surface area contributed by atoms with Gasteiger partial charge in [0, 0.05) is 27.1 Å². The van der Waals surface area contributed by atoms with E-state index in [9.17, 15) is 0 Å². The SMILES string of the molecule is c1ccc(-c2nc(-n3c4ccccc4c4c5c6ccccc6c6ccccc6c5ccc43)c3ccccc3n2)cc1. The summed E-state index contributed by atoms with van der Waals surface area (Å²) in [6.45, 7) is 0. The first-order valence-corrected chi connectivity index (χ1v) is 13.9. The minimum absolute atomic E-state index is 0.725. The lowest BCUT2D eigenvalue weighted by Gasteiger charge is -2.14. The summed E-state index contributed by atoms with van der Waals surface area (Å²) in [5.41, 5.74) is 4.21. The Morgan fingerprint density at radius 1 is 0.366 bits per heavy atom. The van der Waals surface area contributed by atoms with Gasteiger partial charge in [-0.2, -0.15) is 0 Å². The molecule has 0 bridgehead atoms. The van der Waals surface area contributed by atoms with E-state index in [-0.39, 0.29) is 0 Å². The molecule has 0 aliphatic rings. The molecule has 7 aromatic carbocycles. The van der Waals surface area contributed by atoms with Gasteiger partial charge in [-0.3, -0.25) is 4.57 Å². The van der Waals surface area contributed by atoms with Crippen LogP contribution in [0, 0.1) is 0 Å². The molecule has 9 aromatic rings. The third kappa shape index (κ3) is 3.14. The molecule has 2 aromatic heterocycles. The van der Waals surface area contributed by atoms with Crippen LogP contribution < -0.4 is 0 Å². The van der Waals surface area contributed by atoms with Crippen LogP contribution in [0.5, 0.6) is 0 Å². The van der Waals surface area contributed by atoms with Crippen LogP contribution in [-0.2, 0) is 0 Å². The maximum Gasteiger partial charge on any atom is 0.162 e. The fourth-order valence-electron chi connectivity index (χ4n) is 6.63. The lowest BCUT2D eigenvalue weighted by molar-refractivity contribution is 1.08. The molecule has 0 amide bonds. The Kier molecular flexibility index (Phi) is 4.61. The Morgan fingerprint density at radius 2 is 0.927 bits per heavy atom. The molecule has 41 heavy (non-hydrogen) atoms. The van der Waals surface area contributed by atoms with Crippen LogP contribution in [0.1, 0.15) is 0 Å². The summed E-state index contributed by atoms with van der Waals surface area (Å²) in [6.07, 6.45) is 0. The van der Waals surface area contributed by atoms with Gasteiger partial charge in [0.25, 0.3) is 0 Å². The molecule has 190 valence electrons. The largest absolute Gasteiger partial charge is 0.293 e. The standard InChI is InChI=1S/C38H23N3/c1-2-12-24(13-3-1)37-39-32-20-10-8-18-30(32)38(40-37)41-33-21-11-9-19-31(33)36-34(41)23-22-29-27-16-5-4-14-25(27)26-15-6-7-17-28(26)35(29)36/h1-23H. The zero-order valence-electron chi connectivity index (χ0n) is 22.1. The first kappa shape index (κ1) is 22.3. The van der Waals surface area contributed by atoms with E-state index in [1.165, 1.54) is 43.1 Å². The Bertz CT molecular complexity index is 2440. The monoisotopic (exact) mass is 521 g/mol. The van der Waals surface area contributed by atoms with Crippen LogP contribution in [0.2, 0.25) is 0 Å². The van der Waals surface area contributed by atoms with Gasteiger partial charge in [-0.15, -0.1) is 0 Å². The zero-order chi connectivity index (χ0) is 26.9. The van der Waals surface area contributed by atoms with Crippen LogP contribution >= 0.6 is 0 Å². The van der Waals surface area contributed by atoms with E-state index >= 15 is 0 Å². The topological polar surface area (TPSA) is 30.7 Å². The maximum atomic E-state index is 5.26. The summed E-state index contributed by atoms with van der Waals surface area (Å²) < 4.78 is 2.34. The van der Waals surface area contributed by atoms with Gasteiger partial charge in [0.05, 0.1) is 16.6 Å². The lowest BCUT2D eigenvalue weighted by atomic mass is 9.92. The number of hydrogen-bond donors (Lipinski definition) is 0. The van der Waals surface area contributed by atoms with Crippen LogP contribution in [0.4, 0.5) is 0 Å². The average Bonchev–Trinajstić information content (AvgIpc) is 3.39. The molecule has 0 radical (unpaired) electrons. The van der Waals surface area contributed by atoms with Crippen molar-refractivity contribution in [3.05, 3.63) is 140 Å². The average molecular weight is 522 g/mol. The van der Waals surface area contributed by atoms with E-state index in [0.29, 0.717) is 0 Å². The molecular weight excluding hydrogens is 498 g/mol. The van der Waals surface area contributed by atoms with Gasteiger partial charge in [-0.05, 0) is 51.2 Å². The van der Waals surface area contributed by atoms with Gasteiger partial charge in [-0.25, -0.2) is 9.97 Å². The first-order chi connectivity index (χ1) is 20.4. The molecule has 0 aliphatic carbocycles. The van der Waals surface area contributed by atoms with Crippen molar-refractivity contribution in [1.82, 2.24) is 14.5 Å². The van der Waals surface area contributed by atoms with Gasteiger partial charge in [0.15, 0.2) is 5.82 Å². The number of benzene rings is 7. The van der Waals surface area contributed by atoms with Crippen molar-refractivity contribution in [2.45, 2.75) is 0 Å². The van der Waals surface area contributed by atoms with E-state index in [0.717, 1.165) is 39.1 Å². The lowest BCUT2D eigenvalue weighted by Crippen LogP contribution is -2.02.